The number of nitriles is 1. The van der Waals surface area contributed by atoms with Crippen molar-refractivity contribution in [3.05, 3.63) is 51.7 Å². The summed E-state index contributed by atoms with van der Waals surface area (Å²) in [6, 6.07) is 10.8. The lowest BCUT2D eigenvalue weighted by Crippen LogP contribution is -2.42. The third-order valence-electron chi connectivity index (χ3n) is 4.23. The highest BCUT2D eigenvalue weighted by molar-refractivity contribution is 7.10. The molecule has 2 heterocycles. The molecular formula is C19H19N3O3S. The smallest absolute Gasteiger partial charge is 0.326 e. The van der Waals surface area contributed by atoms with E-state index in [1.807, 2.05) is 17.5 Å². The van der Waals surface area contributed by atoms with Gasteiger partial charge >= 0.3 is 5.97 Å². The lowest BCUT2D eigenvalue weighted by molar-refractivity contribution is -0.158. The molecule has 0 spiro atoms. The molecule has 6 nitrogen and oxygen atoms in total. The van der Waals surface area contributed by atoms with Crippen LogP contribution in [0.1, 0.15) is 22.9 Å². The number of esters is 1. The van der Waals surface area contributed by atoms with Crippen LogP contribution < -0.4 is 5.32 Å². The van der Waals surface area contributed by atoms with Gasteiger partial charge in [0, 0.05) is 23.7 Å². The molecule has 1 aliphatic rings. The van der Waals surface area contributed by atoms with Crippen LogP contribution in [-0.4, -0.2) is 36.0 Å². The summed E-state index contributed by atoms with van der Waals surface area (Å²) in [6.45, 7) is 2.78. The standard InChI is InChI=1S/C19H19N3O3S/c1-13(19(24)22-8-6-17-15(12-22)7-9-26-17)25-18(23)11-21-16-4-2-14(10-20)3-5-16/h2-5,7,9,13,21H,6,8,11-12H2,1H3/t13-/m0/s1. The molecule has 1 amide bonds. The van der Waals surface area contributed by atoms with Crippen molar-refractivity contribution in [1.29, 1.82) is 5.26 Å². The number of anilines is 1. The zero-order chi connectivity index (χ0) is 18.5. The van der Waals surface area contributed by atoms with Crippen LogP contribution in [0.4, 0.5) is 5.69 Å². The van der Waals surface area contributed by atoms with Gasteiger partial charge in [0.1, 0.15) is 6.54 Å². The van der Waals surface area contributed by atoms with E-state index in [0.29, 0.717) is 24.3 Å². The maximum Gasteiger partial charge on any atom is 0.326 e. The number of hydrogen-bond acceptors (Lipinski definition) is 6. The molecule has 1 aliphatic heterocycles. The van der Waals surface area contributed by atoms with Gasteiger partial charge in [-0.2, -0.15) is 5.26 Å². The number of benzene rings is 1. The summed E-state index contributed by atoms with van der Waals surface area (Å²) >= 11 is 1.72. The summed E-state index contributed by atoms with van der Waals surface area (Å²) in [5.74, 6) is -0.669. The van der Waals surface area contributed by atoms with E-state index < -0.39 is 12.1 Å². The van der Waals surface area contributed by atoms with Crippen molar-refractivity contribution in [2.24, 2.45) is 0 Å². The van der Waals surface area contributed by atoms with E-state index in [1.54, 1.807) is 47.4 Å². The SMILES string of the molecule is C[C@H](OC(=O)CNc1ccc(C#N)cc1)C(=O)N1CCc2sccc2C1. The number of hydrogen-bond donors (Lipinski definition) is 1. The number of fused-ring (bicyclic) bond motifs is 1. The number of amides is 1. The van der Waals surface area contributed by atoms with E-state index in [2.05, 4.69) is 5.32 Å². The summed E-state index contributed by atoms with van der Waals surface area (Å²) < 4.78 is 5.26. The van der Waals surface area contributed by atoms with Crippen molar-refractivity contribution in [2.75, 3.05) is 18.4 Å². The minimum Gasteiger partial charge on any atom is -0.451 e. The Bertz CT molecular complexity index is 838. The molecule has 0 radical (unpaired) electrons. The summed E-state index contributed by atoms with van der Waals surface area (Å²) in [5.41, 5.74) is 2.43. The molecular weight excluding hydrogens is 350 g/mol. The molecule has 1 atom stereocenters. The van der Waals surface area contributed by atoms with Gasteiger partial charge in [-0.1, -0.05) is 0 Å². The molecule has 1 aromatic carbocycles. The third-order valence-corrected chi connectivity index (χ3v) is 5.25. The van der Waals surface area contributed by atoms with E-state index in [0.717, 1.165) is 6.42 Å². The zero-order valence-electron chi connectivity index (χ0n) is 14.4. The van der Waals surface area contributed by atoms with Crippen LogP contribution in [0.15, 0.2) is 35.7 Å². The summed E-state index contributed by atoms with van der Waals surface area (Å²) in [4.78, 5) is 27.6. The van der Waals surface area contributed by atoms with Crippen molar-refractivity contribution in [1.82, 2.24) is 4.90 Å². The summed E-state index contributed by atoms with van der Waals surface area (Å²) in [5, 5.41) is 13.7. The minimum atomic E-state index is -0.814. The number of nitrogens with one attached hydrogen (secondary N) is 1. The quantitative estimate of drug-likeness (QED) is 0.819. The fourth-order valence-electron chi connectivity index (χ4n) is 2.82. The number of nitrogens with zero attached hydrogens (tertiary/aromatic N) is 2. The minimum absolute atomic E-state index is 0.0435. The van der Waals surface area contributed by atoms with Gasteiger partial charge in [-0.15, -0.1) is 11.3 Å². The average Bonchev–Trinajstić information content (AvgIpc) is 3.13. The molecule has 0 fully saturated rings. The van der Waals surface area contributed by atoms with Crippen LogP contribution in [0.2, 0.25) is 0 Å². The average molecular weight is 369 g/mol. The van der Waals surface area contributed by atoms with Gasteiger partial charge in [0.2, 0.25) is 0 Å². The van der Waals surface area contributed by atoms with Gasteiger partial charge in [0.25, 0.3) is 5.91 Å². The van der Waals surface area contributed by atoms with E-state index in [1.165, 1.54) is 10.4 Å². The van der Waals surface area contributed by atoms with Crippen LogP contribution >= 0.6 is 11.3 Å². The molecule has 7 heteroatoms. The number of carbonyl (C=O) groups is 2. The van der Waals surface area contributed by atoms with Crippen molar-refractivity contribution in [2.45, 2.75) is 26.0 Å². The normalized spacial score (nSPS) is 14.1. The Morgan fingerprint density at radius 3 is 2.85 bits per heavy atom. The Labute approximate surface area is 156 Å². The lowest BCUT2D eigenvalue weighted by Gasteiger charge is -2.29. The second-order valence-electron chi connectivity index (χ2n) is 6.05. The second-order valence-corrected chi connectivity index (χ2v) is 7.05. The van der Waals surface area contributed by atoms with E-state index >= 15 is 0 Å². The Morgan fingerprint density at radius 2 is 2.12 bits per heavy atom. The van der Waals surface area contributed by atoms with Gasteiger partial charge in [-0.3, -0.25) is 9.59 Å². The first-order valence-electron chi connectivity index (χ1n) is 8.34. The van der Waals surface area contributed by atoms with Crippen LogP contribution in [0.3, 0.4) is 0 Å². The molecule has 0 saturated heterocycles. The molecule has 1 N–H and O–H groups in total. The lowest BCUT2D eigenvalue weighted by atomic mass is 10.1. The summed E-state index contributed by atoms with van der Waals surface area (Å²) in [7, 11) is 0. The zero-order valence-corrected chi connectivity index (χ0v) is 15.2. The fraction of sp³-hybridized carbons (Fsp3) is 0.316. The van der Waals surface area contributed by atoms with Gasteiger partial charge in [-0.25, -0.2) is 0 Å². The Kier molecular flexibility index (Phi) is 5.54. The molecule has 0 aliphatic carbocycles. The predicted molar refractivity (Wildman–Crippen MR) is 98.6 cm³/mol. The highest BCUT2D eigenvalue weighted by Crippen LogP contribution is 2.24. The maximum atomic E-state index is 12.5. The van der Waals surface area contributed by atoms with Crippen molar-refractivity contribution in [3.8, 4) is 6.07 Å². The van der Waals surface area contributed by atoms with Gasteiger partial charge < -0.3 is 15.0 Å². The molecule has 0 saturated carbocycles. The first-order valence-corrected chi connectivity index (χ1v) is 9.22. The van der Waals surface area contributed by atoms with Crippen LogP contribution in [-0.2, 0) is 27.3 Å². The number of ether oxygens (including phenoxy) is 1. The van der Waals surface area contributed by atoms with Gasteiger partial charge in [0.05, 0.1) is 11.6 Å². The monoisotopic (exact) mass is 369 g/mol. The topological polar surface area (TPSA) is 82.4 Å². The highest BCUT2D eigenvalue weighted by atomic mass is 32.1. The van der Waals surface area contributed by atoms with Crippen molar-refractivity contribution < 1.29 is 14.3 Å². The molecule has 0 unspecified atom stereocenters. The third kappa shape index (κ3) is 4.21. The van der Waals surface area contributed by atoms with Crippen molar-refractivity contribution in [3.63, 3.8) is 0 Å². The first kappa shape index (κ1) is 18.0. The molecule has 26 heavy (non-hydrogen) atoms. The number of carbonyl (C=O) groups excluding carboxylic acids is 2. The fourth-order valence-corrected chi connectivity index (χ4v) is 3.71. The highest BCUT2D eigenvalue weighted by Gasteiger charge is 2.27. The number of thiophene rings is 1. The molecule has 0 bridgehead atoms. The molecule has 2 aromatic rings. The number of rotatable bonds is 5. The maximum absolute atomic E-state index is 12.5. The van der Waals surface area contributed by atoms with Crippen molar-refractivity contribution >= 4 is 28.9 Å². The first-order chi connectivity index (χ1) is 12.6. The molecule has 134 valence electrons. The van der Waals surface area contributed by atoms with Crippen LogP contribution in [0.5, 0.6) is 0 Å². The van der Waals surface area contributed by atoms with E-state index in [-0.39, 0.29) is 12.5 Å². The molecule has 1 aromatic heterocycles. The van der Waals surface area contributed by atoms with Crippen LogP contribution in [0.25, 0.3) is 0 Å². The predicted octanol–water partition coefficient (Wildman–Crippen LogP) is 2.55. The van der Waals surface area contributed by atoms with E-state index in [9.17, 15) is 9.59 Å². The Morgan fingerprint density at radius 1 is 1.35 bits per heavy atom. The Balaban J connectivity index is 1.47. The summed E-state index contributed by atoms with van der Waals surface area (Å²) in [6.07, 6.45) is 0.0325. The van der Waals surface area contributed by atoms with Crippen LogP contribution in [0, 0.1) is 11.3 Å². The Hall–Kier alpha value is -2.85. The van der Waals surface area contributed by atoms with Gasteiger partial charge in [0.15, 0.2) is 6.10 Å². The second kappa shape index (κ2) is 8.02. The van der Waals surface area contributed by atoms with E-state index in [4.69, 9.17) is 10.00 Å². The molecule has 3 rings (SSSR count). The van der Waals surface area contributed by atoms with Gasteiger partial charge in [-0.05, 0) is 54.6 Å². The largest absolute Gasteiger partial charge is 0.451 e.